The van der Waals surface area contributed by atoms with Gasteiger partial charge in [0.15, 0.2) is 0 Å². The molecule has 1 saturated heterocycles. The Morgan fingerprint density at radius 1 is 1.32 bits per heavy atom. The van der Waals surface area contributed by atoms with Crippen LogP contribution >= 0.6 is 0 Å². The van der Waals surface area contributed by atoms with Crippen LogP contribution in [0.15, 0.2) is 24.5 Å². The van der Waals surface area contributed by atoms with Gasteiger partial charge in [-0.3, -0.25) is 9.78 Å². The molecule has 3 amide bonds. The van der Waals surface area contributed by atoms with Crippen LogP contribution in [0.1, 0.15) is 26.7 Å². The van der Waals surface area contributed by atoms with Gasteiger partial charge in [0, 0.05) is 31.2 Å². The highest BCUT2D eigenvalue weighted by Crippen LogP contribution is 2.17. The van der Waals surface area contributed by atoms with Crippen LogP contribution in [-0.2, 0) is 4.79 Å². The van der Waals surface area contributed by atoms with Crippen LogP contribution in [0.5, 0.6) is 0 Å². The number of pyridine rings is 1. The Bertz CT molecular complexity index is 522. The molecule has 2 atom stereocenters. The molecule has 1 aliphatic heterocycles. The van der Waals surface area contributed by atoms with Crippen molar-refractivity contribution >= 4 is 17.6 Å². The van der Waals surface area contributed by atoms with Crippen LogP contribution in [0.4, 0.5) is 10.5 Å². The minimum atomic E-state index is -0.584. The van der Waals surface area contributed by atoms with E-state index in [1.54, 1.807) is 24.5 Å². The molecule has 0 spiro atoms. The third kappa shape index (κ3) is 3.54. The molecule has 0 aromatic carbocycles. The molecule has 0 saturated carbocycles. The molecule has 3 N–H and O–H groups in total. The highest BCUT2D eigenvalue weighted by molar-refractivity contribution is 5.92. The van der Waals surface area contributed by atoms with Crippen LogP contribution in [0.25, 0.3) is 0 Å². The minimum Gasteiger partial charge on any atom is -0.320 e. The normalized spacial score (nSPS) is 17.2. The Hall–Kier alpha value is -2.15. The molecule has 7 nitrogen and oxygen atoms in total. The van der Waals surface area contributed by atoms with E-state index in [0.717, 1.165) is 12.8 Å². The fraction of sp³-hybridized carbons (Fsp3) is 0.533. The Morgan fingerprint density at radius 2 is 1.95 bits per heavy atom. The predicted molar refractivity (Wildman–Crippen MR) is 83.7 cm³/mol. The largest absolute Gasteiger partial charge is 0.340 e. The van der Waals surface area contributed by atoms with E-state index < -0.39 is 6.04 Å². The lowest BCUT2D eigenvalue weighted by Crippen LogP contribution is -2.53. The van der Waals surface area contributed by atoms with Crippen molar-refractivity contribution in [2.24, 2.45) is 11.7 Å². The Labute approximate surface area is 130 Å². The van der Waals surface area contributed by atoms with Crippen LogP contribution in [-0.4, -0.2) is 46.1 Å². The van der Waals surface area contributed by atoms with Gasteiger partial charge >= 0.3 is 6.03 Å². The number of hydrogen-bond donors (Lipinski definition) is 2. The summed E-state index contributed by atoms with van der Waals surface area (Å²) in [6.45, 7) is 4.97. The van der Waals surface area contributed by atoms with Crippen molar-refractivity contribution in [2.75, 3.05) is 18.4 Å². The van der Waals surface area contributed by atoms with Gasteiger partial charge in [0.1, 0.15) is 0 Å². The lowest BCUT2D eigenvalue weighted by Gasteiger charge is -2.31. The number of nitrogens with two attached hydrogens (primary N) is 1. The summed E-state index contributed by atoms with van der Waals surface area (Å²) in [5, 5.41) is 5.66. The Kier molecular flexibility index (Phi) is 5.32. The molecule has 0 aliphatic carbocycles. The molecule has 7 heteroatoms. The number of anilines is 1. The van der Waals surface area contributed by atoms with Crippen LogP contribution in [0.3, 0.4) is 0 Å². The number of nitrogens with zero attached hydrogens (tertiary/aromatic N) is 3. The Balaban J connectivity index is 2.03. The number of hydrazine groups is 1. The summed E-state index contributed by atoms with van der Waals surface area (Å²) < 4.78 is 0. The molecule has 2 heterocycles. The molecule has 1 unspecified atom stereocenters. The van der Waals surface area contributed by atoms with E-state index in [9.17, 15) is 9.59 Å². The van der Waals surface area contributed by atoms with Crippen molar-refractivity contribution in [1.82, 2.24) is 15.0 Å². The quantitative estimate of drug-likeness (QED) is 0.880. The number of aromatic nitrogens is 1. The van der Waals surface area contributed by atoms with Crippen molar-refractivity contribution in [1.29, 1.82) is 0 Å². The van der Waals surface area contributed by atoms with E-state index in [2.05, 4.69) is 10.3 Å². The lowest BCUT2D eigenvalue weighted by molar-refractivity contribution is -0.142. The fourth-order valence-corrected chi connectivity index (χ4v) is 2.34. The maximum absolute atomic E-state index is 12.5. The molecule has 0 radical (unpaired) electrons. The maximum atomic E-state index is 12.5. The zero-order chi connectivity index (χ0) is 16.1. The van der Waals surface area contributed by atoms with Crippen molar-refractivity contribution in [3.8, 4) is 0 Å². The Morgan fingerprint density at radius 3 is 2.59 bits per heavy atom. The predicted octanol–water partition coefficient (Wildman–Crippen LogP) is 1.44. The topological polar surface area (TPSA) is 91.6 Å². The molecule has 22 heavy (non-hydrogen) atoms. The summed E-state index contributed by atoms with van der Waals surface area (Å²) in [6.07, 6.45) is 4.77. The van der Waals surface area contributed by atoms with Gasteiger partial charge in [-0.15, -0.1) is 0 Å². The van der Waals surface area contributed by atoms with E-state index in [0.29, 0.717) is 18.8 Å². The first-order valence-electron chi connectivity index (χ1n) is 7.60. The van der Waals surface area contributed by atoms with Crippen molar-refractivity contribution in [3.63, 3.8) is 0 Å². The molecule has 2 rings (SSSR count). The van der Waals surface area contributed by atoms with E-state index in [1.807, 2.05) is 13.8 Å². The van der Waals surface area contributed by atoms with Gasteiger partial charge in [0.05, 0.1) is 6.04 Å². The van der Waals surface area contributed by atoms with E-state index >= 15 is 0 Å². The SMILES string of the molecule is CCC(C)[C@H](N)C(=O)N1CCCN1C(=O)Nc1ccncc1. The average Bonchev–Trinajstić information content (AvgIpc) is 3.03. The third-order valence-electron chi connectivity index (χ3n) is 3.99. The summed E-state index contributed by atoms with van der Waals surface area (Å²) >= 11 is 0. The number of carbonyl (C=O) groups excluding carboxylic acids is 2. The average molecular weight is 305 g/mol. The third-order valence-corrected chi connectivity index (χ3v) is 3.99. The summed E-state index contributed by atoms with van der Waals surface area (Å²) in [5.41, 5.74) is 6.65. The second-order valence-electron chi connectivity index (χ2n) is 5.52. The summed E-state index contributed by atoms with van der Waals surface area (Å²) in [6, 6.07) is 2.49. The molecule has 120 valence electrons. The zero-order valence-electron chi connectivity index (χ0n) is 13.0. The first-order valence-corrected chi connectivity index (χ1v) is 7.60. The molecule has 1 aromatic rings. The summed E-state index contributed by atoms with van der Waals surface area (Å²) in [4.78, 5) is 28.7. The van der Waals surface area contributed by atoms with Crippen molar-refractivity contribution in [3.05, 3.63) is 24.5 Å². The van der Waals surface area contributed by atoms with E-state index in [-0.39, 0.29) is 17.9 Å². The summed E-state index contributed by atoms with van der Waals surface area (Å²) in [7, 11) is 0. The van der Waals surface area contributed by atoms with Gasteiger partial charge in [0.2, 0.25) is 0 Å². The minimum absolute atomic E-state index is 0.0817. The van der Waals surface area contributed by atoms with Crippen LogP contribution in [0.2, 0.25) is 0 Å². The van der Waals surface area contributed by atoms with Gasteiger partial charge < -0.3 is 11.1 Å². The van der Waals surface area contributed by atoms with Gasteiger partial charge in [-0.1, -0.05) is 20.3 Å². The first kappa shape index (κ1) is 16.2. The highest BCUT2D eigenvalue weighted by Gasteiger charge is 2.34. The smallest absolute Gasteiger partial charge is 0.320 e. The lowest BCUT2D eigenvalue weighted by atomic mass is 9.99. The van der Waals surface area contributed by atoms with Gasteiger partial charge in [0.25, 0.3) is 5.91 Å². The van der Waals surface area contributed by atoms with Gasteiger partial charge in [-0.25, -0.2) is 14.8 Å². The van der Waals surface area contributed by atoms with E-state index in [1.165, 1.54) is 10.0 Å². The number of urea groups is 1. The maximum Gasteiger partial charge on any atom is 0.340 e. The number of amides is 3. The number of carbonyl (C=O) groups is 2. The second kappa shape index (κ2) is 7.22. The molecular weight excluding hydrogens is 282 g/mol. The molecule has 1 aromatic heterocycles. The highest BCUT2D eigenvalue weighted by atomic mass is 16.2. The fourth-order valence-electron chi connectivity index (χ4n) is 2.34. The summed E-state index contributed by atoms with van der Waals surface area (Å²) in [5.74, 6) is -0.116. The molecule has 1 fully saturated rings. The zero-order valence-corrected chi connectivity index (χ0v) is 13.0. The monoisotopic (exact) mass is 305 g/mol. The second-order valence-corrected chi connectivity index (χ2v) is 5.52. The molecule has 1 aliphatic rings. The molecular formula is C15H23N5O2. The van der Waals surface area contributed by atoms with E-state index in [4.69, 9.17) is 5.73 Å². The van der Waals surface area contributed by atoms with Gasteiger partial charge in [-0.05, 0) is 24.5 Å². The molecule has 0 bridgehead atoms. The van der Waals surface area contributed by atoms with Crippen LogP contribution < -0.4 is 11.1 Å². The number of rotatable bonds is 4. The van der Waals surface area contributed by atoms with Crippen LogP contribution in [0, 0.1) is 5.92 Å². The van der Waals surface area contributed by atoms with Crippen molar-refractivity contribution in [2.45, 2.75) is 32.7 Å². The number of nitrogens with one attached hydrogen (secondary N) is 1. The first-order chi connectivity index (χ1) is 10.5. The van der Waals surface area contributed by atoms with Crippen molar-refractivity contribution < 1.29 is 9.59 Å². The van der Waals surface area contributed by atoms with Gasteiger partial charge in [-0.2, -0.15) is 0 Å². The number of hydrogen-bond acceptors (Lipinski definition) is 4. The standard InChI is InChI=1S/C15H23N5O2/c1-3-11(2)13(16)14(21)19-9-4-10-20(19)15(22)18-12-5-7-17-8-6-12/h5-8,11,13H,3-4,9-10,16H2,1-2H3,(H,17,18,22)/t11?,13-/m0/s1.